The van der Waals surface area contributed by atoms with Crippen molar-refractivity contribution in [3.8, 4) is 0 Å². The summed E-state index contributed by atoms with van der Waals surface area (Å²) in [5, 5.41) is 5.27. The van der Waals surface area contributed by atoms with Crippen LogP contribution in [0.25, 0.3) is 0 Å². The molecule has 1 aliphatic heterocycles. The molecule has 0 spiro atoms. The molecule has 2 fully saturated rings. The van der Waals surface area contributed by atoms with Crippen LogP contribution < -0.4 is 5.32 Å². The fourth-order valence-corrected chi connectivity index (χ4v) is 5.31. The van der Waals surface area contributed by atoms with Gasteiger partial charge in [0.15, 0.2) is 0 Å². The number of carbonyl (C=O) groups excluding carboxylic acids is 2. The van der Waals surface area contributed by atoms with Gasteiger partial charge in [-0.3, -0.25) is 4.79 Å². The lowest BCUT2D eigenvalue weighted by Crippen LogP contribution is -2.54. The standard InChI is InChI=1S/C23H32N4O2S/c1-17-15-21(18(2)27(17)16-20-9-6-14-30-20)22(28)25-10-12-26(13-11-25)23(29)24-19-7-4-3-5-8-19/h6,9,14-15,19H,3-5,7-8,10-13,16H2,1-2H3,(H,24,29). The second kappa shape index (κ2) is 9.25. The smallest absolute Gasteiger partial charge is 0.317 e. The van der Waals surface area contributed by atoms with Crippen molar-refractivity contribution in [3.05, 3.63) is 45.4 Å². The predicted molar refractivity (Wildman–Crippen MR) is 120 cm³/mol. The maximum absolute atomic E-state index is 13.2. The lowest BCUT2D eigenvalue weighted by molar-refractivity contribution is 0.0661. The highest BCUT2D eigenvalue weighted by atomic mass is 32.1. The summed E-state index contributed by atoms with van der Waals surface area (Å²) in [6, 6.07) is 6.54. The zero-order valence-electron chi connectivity index (χ0n) is 18.0. The highest BCUT2D eigenvalue weighted by molar-refractivity contribution is 7.09. The molecule has 30 heavy (non-hydrogen) atoms. The Balaban J connectivity index is 1.34. The summed E-state index contributed by atoms with van der Waals surface area (Å²) in [5.41, 5.74) is 2.90. The van der Waals surface area contributed by atoms with E-state index in [0.29, 0.717) is 32.2 Å². The van der Waals surface area contributed by atoms with E-state index in [2.05, 4.69) is 34.3 Å². The van der Waals surface area contributed by atoms with Gasteiger partial charge in [0.05, 0.1) is 12.1 Å². The fraction of sp³-hybridized carbons (Fsp3) is 0.565. The third-order valence-electron chi connectivity index (χ3n) is 6.48. The van der Waals surface area contributed by atoms with E-state index < -0.39 is 0 Å². The summed E-state index contributed by atoms with van der Waals surface area (Å²) in [7, 11) is 0. The number of piperazine rings is 1. The number of amides is 3. The van der Waals surface area contributed by atoms with E-state index in [1.807, 2.05) is 22.8 Å². The monoisotopic (exact) mass is 428 g/mol. The first kappa shape index (κ1) is 21.0. The number of hydrogen-bond acceptors (Lipinski definition) is 3. The minimum atomic E-state index is 0.0307. The van der Waals surface area contributed by atoms with E-state index in [9.17, 15) is 9.59 Å². The number of thiophene rings is 1. The molecule has 0 unspecified atom stereocenters. The molecule has 2 aliphatic rings. The maximum atomic E-state index is 13.2. The molecule has 3 amide bonds. The summed E-state index contributed by atoms with van der Waals surface area (Å²) < 4.78 is 2.22. The Kier molecular flexibility index (Phi) is 6.46. The maximum Gasteiger partial charge on any atom is 0.317 e. The number of rotatable bonds is 4. The van der Waals surface area contributed by atoms with E-state index in [1.54, 1.807) is 11.3 Å². The molecule has 2 aromatic heterocycles. The van der Waals surface area contributed by atoms with E-state index in [-0.39, 0.29) is 11.9 Å². The molecule has 6 nitrogen and oxygen atoms in total. The molecular formula is C23H32N4O2S. The summed E-state index contributed by atoms with van der Waals surface area (Å²) in [6.45, 7) is 7.26. The van der Waals surface area contributed by atoms with Gasteiger partial charge >= 0.3 is 6.03 Å². The second-order valence-corrected chi connectivity index (χ2v) is 9.55. The van der Waals surface area contributed by atoms with Gasteiger partial charge in [-0.15, -0.1) is 11.3 Å². The minimum absolute atomic E-state index is 0.0307. The number of nitrogens with one attached hydrogen (secondary N) is 1. The summed E-state index contributed by atoms with van der Waals surface area (Å²) in [4.78, 5) is 30.8. The Morgan fingerprint density at radius 2 is 1.77 bits per heavy atom. The average Bonchev–Trinajstić information content (AvgIpc) is 3.38. The zero-order valence-corrected chi connectivity index (χ0v) is 18.8. The first-order valence-corrected chi connectivity index (χ1v) is 11.9. The molecule has 1 saturated heterocycles. The van der Waals surface area contributed by atoms with Crippen LogP contribution in [0.15, 0.2) is 23.6 Å². The van der Waals surface area contributed by atoms with Gasteiger partial charge in [-0.1, -0.05) is 25.3 Å². The first-order valence-electron chi connectivity index (χ1n) is 11.1. The van der Waals surface area contributed by atoms with Crippen LogP contribution in [0.5, 0.6) is 0 Å². The number of carbonyl (C=O) groups is 2. The van der Waals surface area contributed by atoms with E-state index in [4.69, 9.17) is 0 Å². The van der Waals surface area contributed by atoms with E-state index in [1.165, 1.54) is 24.1 Å². The predicted octanol–water partition coefficient (Wildman–Crippen LogP) is 4.01. The van der Waals surface area contributed by atoms with Crippen LogP contribution in [0.3, 0.4) is 0 Å². The van der Waals surface area contributed by atoms with Crippen molar-refractivity contribution >= 4 is 23.3 Å². The van der Waals surface area contributed by atoms with Crippen molar-refractivity contribution in [1.29, 1.82) is 0 Å². The van der Waals surface area contributed by atoms with Crippen LogP contribution in [0.2, 0.25) is 0 Å². The molecule has 3 heterocycles. The highest BCUT2D eigenvalue weighted by Gasteiger charge is 2.28. The molecule has 0 atom stereocenters. The molecule has 1 N–H and O–H groups in total. The fourth-order valence-electron chi connectivity index (χ4n) is 4.62. The Labute approximate surface area is 182 Å². The normalized spacial score (nSPS) is 17.9. The number of hydrogen-bond donors (Lipinski definition) is 1. The first-order chi connectivity index (χ1) is 14.5. The van der Waals surface area contributed by atoms with Gasteiger partial charge in [-0.05, 0) is 44.2 Å². The summed E-state index contributed by atoms with van der Waals surface area (Å²) in [6.07, 6.45) is 5.87. The Hall–Kier alpha value is -2.28. The zero-order chi connectivity index (χ0) is 21.1. The van der Waals surface area contributed by atoms with Crippen LogP contribution >= 0.6 is 11.3 Å². The van der Waals surface area contributed by atoms with E-state index >= 15 is 0 Å². The third-order valence-corrected chi connectivity index (χ3v) is 7.35. The SMILES string of the molecule is Cc1cc(C(=O)N2CCN(C(=O)NC3CCCCC3)CC2)c(C)n1Cc1cccs1. The van der Waals surface area contributed by atoms with Gasteiger partial charge in [0.2, 0.25) is 0 Å². The largest absolute Gasteiger partial charge is 0.343 e. The van der Waals surface area contributed by atoms with Crippen molar-refractivity contribution in [2.75, 3.05) is 26.2 Å². The highest BCUT2D eigenvalue weighted by Crippen LogP contribution is 2.22. The molecule has 0 aromatic carbocycles. The van der Waals surface area contributed by atoms with Gasteiger partial charge in [0, 0.05) is 48.5 Å². The van der Waals surface area contributed by atoms with Gasteiger partial charge in [0.25, 0.3) is 5.91 Å². The molecule has 2 aromatic rings. The number of aryl methyl sites for hydroxylation is 1. The van der Waals surface area contributed by atoms with Crippen LogP contribution in [-0.2, 0) is 6.54 Å². The van der Waals surface area contributed by atoms with Crippen molar-refractivity contribution in [2.24, 2.45) is 0 Å². The molecule has 162 valence electrons. The van der Waals surface area contributed by atoms with Gasteiger partial charge in [0.1, 0.15) is 0 Å². The molecule has 1 aliphatic carbocycles. The van der Waals surface area contributed by atoms with Gasteiger partial charge in [-0.2, -0.15) is 0 Å². The van der Waals surface area contributed by atoms with Crippen molar-refractivity contribution < 1.29 is 9.59 Å². The molecular weight excluding hydrogens is 396 g/mol. The summed E-state index contributed by atoms with van der Waals surface area (Å²) >= 11 is 1.74. The quantitative estimate of drug-likeness (QED) is 0.800. The van der Waals surface area contributed by atoms with Gasteiger partial charge in [-0.25, -0.2) is 4.79 Å². The lowest BCUT2D eigenvalue weighted by atomic mass is 9.96. The number of aromatic nitrogens is 1. The van der Waals surface area contributed by atoms with Crippen molar-refractivity contribution in [3.63, 3.8) is 0 Å². The Morgan fingerprint density at radius 1 is 1.07 bits per heavy atom. The lowest BCUT2D eigenvalue weighted by Gasteiger charge is -2.36. The van der Waals surface area contributed by atoms with Gasteiger partial charge < -0.3 is 19.7 Å². The number of urea groups is 1. The molecule has 1 saturated carbocycles. The van der Waals surface area contributed by atoms with Crippen LogP contribution in [0, 0.1) is 13.8 Å². The van der Waals surface area contributed by atoms with Crippen LogP contribution in [0.1, 0.15) is 58.7 Å². The Bertz CT molecular complexity index is 875. The third kappa shape index (κ3) is 4.56. The Morgan fingerprint density at radius 3 is 2.43 bits per heavy atom. The average molecular weight is 429 g/mol. The molecule has 4 rings (SSSR count). The molecule has 0 bridgehead atoms. The molecule has 7 heteroatoms. The van der Waals surface area contributed by atoms with Crippen LogP contribution in [-0.4, -0.2) is 58.5 Å². The topological polar surface area (TPSA) is 57.6 Å². The van der Waals surface area contributed by atoms with Crippen molar-refractivity contribution in [1.82, 2.24) is 19.7 Å². The number of nitrogens with zero attached hydrogens (tertiary/aromatic N) is 3. The van der Waals surface area contributed by atoms with Crippen LogP contribution in [0.4, 0.5) is 4.79 Å². The second-order valence-electron chi connectivity index (χ2n) is 8.51. The van der Waals surface area contributed by atoms with E-state index in [0.717, 1.165) is 36.3 Å². The minimum Gasteiger partial charge on any atom is -0.343 e. The molecule has 0 radical (unpaired) electrons. The summed E-state index contributed by atoms with van der Waals surface area (Å²) in [5.74, 6) is 0.0767. The van der Waals surface area contributed by atoms with Crippen molar-refractivity contribution in [2.45, 2.75) is 58.5 Å².